The van der Waals surface area contributed by atoms with E-state index in [2.05, 4.69) is 4.72 Å². The molecule has 1 fully saturated rings. The standard InChI is InChI=1S/C12H17FN2O3S/c1-12(3-2-4-18-8-12)15-19(16,17)11-6-9(13)5-10(14)7-11/h5-7,15H,2-4,8,14H2,1H3. The highest BCUT2D eigenvalue weighted by Crippen LogP contribution is 2.23. The number of nitrogens with two attached hydrogens (primary N) is 1. The van der Waals surface area contributed by atoms with E-state index in [1.165, 1.54) is 6.07 Å². The first-order chi connectivity index (χ1) is 8.81. The van der Waals surface area contributed by atoms with Crippen molar-refractivity contribution in [3.8, 4) is 0 Å². The van der Waals surface area contributed by atoms with Crippen LogP contribution >= 0.6 is 0 Å². The van der Waals surface area contributed by atoms with Gasteiger partial charge in [0, 0.05) is 12.3 Å². The minimum absolute atomic E-state index is 0.0745. The summed E-state index contributed by atoms with van der Waals surface area (Å²) in [6.45, 7) is 2.70. The third-order valence-electron chi connectivity index (χ3n) is 3.02. The number of sulfonamides is 1. The van der Waals surface area contributed by atoms with Gasteiger partial charge < -0.3 is 10.5 Å². The second-order valence-corrected chi connectivity index (χ2v) is 6.72. The molecule has 1 aromatic rings. The molecule has 0 aromatic heterocycles. The molecule has 1 heterocycles. The molecule has 0 saturated carbocycles. The van der Waals surface area contributed by atoms with Crippen LogP contribution in [-0.2, 0) is 14.8 Å². The molecule has 5 nitrogen and oxygen atoms in total. The van der Waals surface area contributed by atoms with Crippen molar-refractivity contribution < 1.29 is 17.5 Å². The van der Waals surface area contributed by atoms with Gasteiger partial charge in [-0.3, -0.25) is 0 Å². The van der Waals surface area contributed by atoms with Crippen LogP contribution in [-0.4, -0.2) is 27.2 Å². The van der Waals surface area contributed by atoms with Crippen LogP contribution < -0.4 is 10.5 Å². The summed E-state index contributed by atoms with van der Waals surface area (Å²) in [6, 6.07) is 3.26. The van der Waals surface area contributed by atoms with Crippen LogP contribution in [0, 0.1) is 5.82 Å². The Morgan fingerprint density at radius 2 is 2.16 bits per heavy atom. The van der Waals surface area contributed by atoms with E-state index < -0.39 is 21.4 Å². The van der Waals surface area contributed by atoms with E-state index in [0.717, 1.165) is 18.6 Å². The average molecular weight is 288 g/mol. The lowest BCUT2D eigenvalue weighted by molar-refractivity contribution is 0.0386. The van der Waals surface area contributed by atoms with Gasteiger partial charge in [-0.2, -0.15) is 0 Å². The maximum absolute atomic E-state index is 13.2. The number of hydrogen-bond acceptors (Lipinski definition) is 4. The molecule has 2 rings (SSSR count). The summed E-state index contributed by atoms with van der Waals surface area (Å²) in [5.74, 6) is -0.676. The van der Waals surface area contributed by atoms with Gasteiger partial charge in [-0.25, -0.2) is 17.5 Å². The van der Waals surface area contributed by atoms with Crippen LogP contribution in [0.5, 0.6) is 0 Å². The van der Waals surface area contributed by atoms with Crippen LogP contribution in [0.4, 0.5) is 10.1 Å². The van der Waals surface area contributed by atoms with Crippen LogP contribution in [0.1, 0.15) is 19.8 Å². The van der Waals surface area contributed by atoms with Crippen molar-refractivity contribution >= 4 is 15.7 Å². The Labute approximate surface area is 112 Å². The Morgan fingerprint density at radius 3 is 2.74 bits per heavy atom. The molecule has 1 aromatic carbocycles. The molecule has 0 radical (unpaired) electrons. The number of rotatable bonds is 3. The molecule has 0 spiro atoms. The van der Waals surface area contributed by atoms with Crippen molar-refractivity contribution in [2.45, 2.75) is 30.2 Å². The third kappa shape index (κ3) is 3.43. The van der Waals surface area contributed by atoms with E-state index >= 15 is 0 Å². The smallest absolute Gasteiger partial charge is 0.241 e. The Bertz CT molecular complexity index is 548. The molecule has 0 amide bonds. The SMILES string of the molecule is CC1(NS(=O)(=O)c2cc(N)cc(F)c2)CCCOC1. The zero-order chi connectivity index (χ0) is 14.1. The average Bonchev–Trinajstić information content (AvgIpc) is 2.27. The first kappa shape index (κ1) is 14.2. The zero-order valence-corrected chi connectivity index (χ0v) is 11.5. The van der Waals surface area contributed by atoms with Crippen molar-refractivity contribution in [3.05, 3.63) is 24.0 Å². The molecule has 1 saturated heterocycles. The molecule has 0 aliphatic carbocycles. The quantitative estimate of drug-likeness (QED) is 0.820. The predicted molar refractivity (Wildman–Crippen MR) is 69.6 cm³/mol. The summed E-state index contributed by atoms with van der Waals surface area (Å²) in [6.07, 6.45) is 1.46. The number of nitrogens with one attached hydrogen (secondary N) is 1. The van der Waals surface area contributed by atoms with E-state index in [-0.39, 0.29) is 10.6 Å². The van der Waals surface area contributed by atoms with Crippen molar-refractivity contribution in [2.75, 3.05) is 18.9 Å². The van der Waals surface area contributed by atoms with Gasteiger partial charge in [-0.1, -0.05) is 0 Å². The molecule has 3 N–H and O–H groups in total. The van der Waals surface area contributed by atoms with Gasteiger partial charge in [-0.15, -0.1) is 0 Å². The number of benzene rings is 1. The lowest BCUT2D eigenvalue weighted by atomic mass is 9.97. The van der Waals surface area contributed by atoms with E-state index in [0.29, 0.717) is 19.6 Å². The topological polar surface area (TPSA) is 81.4 Å². The van der Waals surface area contributed by atoms with Gasteiger partial charge in [0.25, 0.3) is 0 Å². The highest BCUT2D eigenvalue weighted by atomic mass is 32.2. The second kappa shape index (κ2) is 5.07. The second-order valence-electron chi connectivity index (χ2n) is 5.04. The maximum atomic E-state index is 13.2. The highest BCUT2D eigenvalue weighted by molar-refractivity contribution is 7.89. The fourth-order valence-electron chi connectivity index (χ4n) is 2.14. The zero-order valence-electron chi connectivity index (χ0n) is 10.6. The fourth-order valence-corrected chi connectivity index (χ4v) is 3.62. The first-order valence-corrected chi connectivity index (χ1v) is 7.47. The number of halogens is 1. The molecular formula is C12H17FN2O3S. The van der Waals surface area contributed by atoms with Gasteiger partial charge in [0.2, 0.25) is 10.0 Å². The van der Waals surface area contributed by atoms with E-state index in [9.17, 15) is 12.8 Å². The summed E-state index contributed by atoms with van der Waals surface area (Å²) in [4.78, 5) is -0.170. The number of hydrogen-bond donors (Lipinski definition) is 2. The third-order valence-corrected chi connectivity index (χ3v) is 4.64. The number of ether oxygens (including phenoxy) is 1. The van der Waals surface area contributed by atoms with Crippen molar-refractivity contribution in [1.29, 1.82) is 0 Å². The Morgan fingerprint density at radius 1 is 1.42 bits per heavy atom. The summed E-state index contributed by atoms with van der Waals surface area (Å²) < 4.78 is 45.5. The Hall–Kier alpha value is -1.18. The summed E-state index contributed by atoms with van der Waals surface area (Å²) in [7, 11) is -3.81. The van der Waals surface area contributed by atoms with Crippen LogP contribution in [0.25, 0.3) is 0 Å². The largest absolute Gasteiger partial charge is 0.399 e. The minimum atomic E-state index is -3.81. The van der Waals surface area contributed by atoms with Crippen molar-refractivity contribution in [1.82, 2.24) is 4.72 Å². The first-order valence-electron chi connectivity index (χ1n) is 5.99. The van der Waals surface area contributed by atoms with Gasteiger partial charge in [-0.05, 0) is 38.0 Å². The molecule has 1 atom stereocenters. The van der Waals surface area contributed by atoms with E-state index in [1.807, 2.05) is 0 Å². The summed E-state index contributed by atoms with van der Waals surface area (Å²) in [5.41, 5.74) is 4.87. The highest BCUT2D eigenvalue weighted by Gasteiger charge is 2.33. The molecule has 19 heavy (non-hydrogen) atoms. The van der Waals surface area contributed by atoms with Gasteiger partial charge in [0.1, 0.15) is 5.82 Å². The van der Waals surface area contributed by atoms with Crippen LogP contribution in [0.15, 0.2) is 23.1 Å². The van der Waals surface area contributed by atoms with Gasteiger partial charge >= 0.3 is 0 Å². The Kier molecular flexibility index (Phi) is 3.80. The molecular weight excluding hydrogens is 271 g/mol. The number of nitrogen functional groups attached to an aromatic ring is 1. The summed E-state index contributed by atoms with van der Waals surface area (Å²) >= 11 is 0. The molecule has 1 unspecified atom stereocenters. The lowest BCUT2D eigenvalue weighted by Crippen LogP contribution is -2.51. The Balaban J connectivity index is 2.27. The molecule has 7 heteroatoms. The monoisotopic (exact) mass is 288 g/mol. The van der Waals surface area contributed by atoms with Crippen LogP contribution in [0.3, 0.4) is 0 Å². The lowest BCUT2D eigenvalue weighted by Gasteiger charge is -2.33. The van der Waals surface area contributed by atoms with Crippen molar-refractivity contribution in [2.24, 2.45) is 0 Å². The summed E-state index contributed by atoms with van der Waals surface area (Å²) in [5, 5.41) is 0. The van der Waals surface area contributed by atoms with E-state index in [4.69, 9.17) is 10.5 Å². The molecule has 106 valence electrons. The van der Waals surface area contributed by atoms with Gasteiger partial charge in [0.15, 0.2) is 0 Å². The maximum Gasteiger partial charge on any atom is 0.241 e. The molecule has 0 bridgehead atoms. The predicted octanol–water partition coefficient (Wildman–Crippen LogP) is 1.26. The fraction of sp³-hybridized carbons (Fsp3) is 0.500. The molecule has 1 aliphatic heterocycles. The number of anilines is 1. The molecule has 1 aliphatic rings. The normalized spacial score (nSPS) is 24.3. The van der Waals surface area contributed by atoms with Crippen LogP contribution in [0.2, 0.25) is 0 Å². The van der Waals surface area contributed by atoms with Crippen molar-refractivity contribution in [3.63, 3.8) is 0 Å². The minimum Gasteiger partial charge on any atom is -0.399 e. The van der Waals surface area contributed by atoms with E-state index in [1.54, 1.807) is 6.92 Å². The van der Waals surface area contributed by atoms with Gasteiger partial charge in [0.05, 0.1) is 17.0 Å².